The van der Waals surface area contributed by atoms with Crippen LogP contribution in [0.2, 0.25) is 0 Å². The Hall–Kier alpha value is -5.92. The van der Waals surface area contributed by atoms with Crippen LogP contribution in [-0.2, 0) is 0 Å². The molecule has 0 unspecified atom stereocenters. The van der Waals surface area contributed by atoms with E-state index in [0.29, 0.717) is 0 Å². The zero-order chi connectivity index (χ0) is 54.1. The Morgan fingerprint density at radius 3 is 1.51 bits per heavy atom. The van der Waals surface area contributed by atoms with Gasteiger partial charge in [0.1, 0.15) is 11.2 Å². The SMILES string of the molecule is [2H]c1c([2H])c([2H])c(-c2c3c([2H])c([2H])c([2H])c([2H])c3c(-c3c([2H])c([2H])c([2H])c(-c4c([2H])c([2H])c5c(oc6c([2H])c([2H])c([2H])c(-c7c([2H])c([2H])c([2H])c([2H])c7[2H])c65)c4[2H])c3[2H])c3c([2H])c([2H])c([2H])c([2H])c23)c([2H])c1[2H]. The zero-order valence-corrected chi connectivity index (χ0v) is 22.4. The second-order valence-corrected chi connectivity index (χ2v) is 9.51. The summed E-state index contributed by atoms with van der Waals surface area (Å²) < 4.78 is 255. The van der Waals surface area contributed by atoms with Crippen LogP contribution < -0.4 is 0 Å². The van der Waals surface area contributed by atoms with Crippen molar-refractivity contribution >= 4 is 43.5 Å². The van der Waals surface area contributed by atoms with Gasteiger partial charge in [-0.1, -0.05) is 145 Å². The third-order valence-corrected chi connectivity index (χ3v) is 7.07. The fourth-order valence-corrected chi connectivity index (χ4v) is 5.23. The van der Waals surface area contributed by atoms with E-state index in [9.17, 15) is 12.3 Å². The lowest BCUT2D eigenvalue weighted by Crippen LogP contribution is -1.91. The van der Waals surface area contributed by atoms with Crippen molar-refractivity contribution in [1.82, 2.24) is 0 Å². The Bertz CT molecular complexity index is 3980. The first kappa shape index (κ1) is 10.1. The van der Waals surface area contributed by atoms with Crippen LogP contribution in [0.15, 0.2) is 174 Å². The molecule has 45 heavy (non-hydrogen) atoms. The van der Waals surface area contributed by atoms with Gasteiger partial charge in [0.25, 0.3) is 0 Å². The molecule has 0 N–H and O–H groups in total. The molecule has 9 aromatic rings. The second-order valence-electron chi connectivity index (χ2n) is 9.51. The largest absolute Gasteiger partial charge is 0.456 e. The van der Waals surface area contributed by atoms with Crippen LogP contribution in [0.1, 0.15) is 38.4 Å². The van der Waals surface area contributed by atoms with E-state index in [4.69, 9.17) is 30.5 Å². The van der Waals surface area contributed by atoms with Gasteiger partial charge < -0.3 is 4.42 Å². The molecule has 0 spiro atoms. The van der Waals surface area contributed by atoms with Gasteiger partial charge >= 0.3 is 0 Å². The standard InChI is InChI=1S/C44H28O/c1-3-13-29(14-4-1)34-23-12-24-40-44(34)39-26-25-32(28-41(39)45-40)31-17-11-18-33(27-31)43-37-21-9-7-19-35(37)42(30-15-5-2-6-16-30)36-20-8-10-22-38(36)43/h1-28H/i1D,2D,3D,4D,5D,6D,7D,8D,9D,10D,11D,12D,13D,14D,15D,16D,17D,18D,19D,20D,21D,22D,23D,24D,25D,26D,27D,28D. The van der Waals surface area contributed by atoms with Gasteiger partial charge in [-0.05, 0) is 90.2 Å². The highest BCUT2D eigenvalue weighted by molar-refractivity contribution is 6.21. The highest BCUT2D eigenvalue weighted by atomic mass is 16.3. The van der Waals surface area contributed by atoms with Crippen molar-refractivity contribution in [3.05, 3.63) is 169 Å². The predicted octanol–water partition coefficient (Wildman–Crippen LogP) is 12.6. The highest BCUT2D eigenvalue weighted by Crippen LogP contribution is 2.44. The van der Waals surface area contributed by atoms with Gasteiger partial charge in [-0.3, -0.25) is 0 Å². The Balaban J connectivity index is 1.52. The summed E-state index contributed by atoms with van der Waals surface area (Å²) in [4.78, 5) is 0. The lowest BCUT2D eigenvalue weighted by Gasteiger charge is -2.18. The van der Waals surface area contributed by atoms with Crippen molar-refractivity contribution in [1.29, 1.82) is 0 Å². The minimum absolute atomic E-state index is 0.487. The number of hydrogen-bond acceptors (Lipinski definition) is 1. The second kappa shape index (κ2) is 10.4. The summed E-state index contributed by atoms with van der Waals surface area (Å²) >= 11 is 0. The molecule has 0 aliphatic rings. The highest BCUT2D eigenvalue weighted by Gasteiger charge is 2.17. The van der Waals surface area contributed by atoms with Crippen molar-refractivity contribution in [2.75, 3.05) is 0 Å². The molecular formula is C44H28O. The quantitative estimate of drug-likeness (QED) is 0.183. The van der Waals surface area contributed by atoms with E-state index in [2.05, 4.69) is 0 Å². The third kappa shape index (κ3) is 4.17. The summed E-state index contributed by atoms with van der Waals surface area (Å²) in [5, 5.41) is -3.97. The van der Waals surface area contributed by atoms with Gasteiger partial charge in [0.15, 0.2) is 0 Å². The van der Waals surface area contributed by atoms with Crippen molar-refractivity contribution in [3.8, 4) is 44.5 Å². The maximum absolute atomic E-state index is 9.81. The Morgan fingerprint density at radius 2 is 0.844 bits per heavy atom. The molecule has 0 fully saturated rings. The molecule has 9 rings (SSSR count). The van der Waals surface area contributed by atoms with E-state index < -0.39 is 257 Å². The lowest BCUT2D eigenvalue weighted by molar-refractivity contribution is 0.669. The topological polar surface area (TPSA) is 13.1 Å². The van der Waals surface area contributed by atoms with E-state index in [-0.39, 0.29) is 0 Å². The van der Waals surface area contributed by atoms with E-state index in [1.54, 1.807) is 0 Å². The first-order valence-electron chi connectivity index (χ1n) is 27.2. The normalized spacial score (nSPS) is 20.3. The fraction of sp³-hybridized carbons (Fsp3) is 0. The minimum Gasteiger partial charge on any atom is -0.456 e. The zero-order valence-electron chi connectivity index (χ0n) is 50.4. The lowest BCUT2D eigenvalue weighted by atomic mass is 9.85. The van der Waals surface area contributed by atoms with Crippen molar-refractivity contribution in [3.63, 3.8) is 0 Å². The Morgan fingerprint density at radius 1 is 0.333 bits per heavy atom. The van der Waals surface area contributed by atoms with Crippen LogP contribution in [-0.4, -0.2) is 0 Å². The van der Waals surface area contributed by atoms with Gasteiger partial charge in [0.2, 0.25) is 0 Å². The van der Waals surface area contributed by atoms with Crippen LogP contribution in [0.3, 0.4) is 0 Å². The predicted molar refractivity (Wildman–Crippen MR) is 190 cm³/mol. The number of rotatable bonds is 4. The summed E-state index contributed by atoms with van der Waals surface area (Å²) in [5.74, 6) is 0. The van der Waals surface area contributed by atoms with E-state index in [1.807, 2.05) is 0 Å². The molecule has 210 valence electrons. The maximum atomic E-state index is 9.81. The number of fused-ring (bicyclic) bond motifs is 5. The van der Waals surface area contributed by atoms with Gasteiger partial charge in [-0.25, -0.2) is 0 Å². The number of furan rings is 1. The number of hydrogen-bond donors (Lipinski definition) is 0. The Kier molecular flexibility index (Phi) is 2.32. The van der Waals surface area contributed by atoms with Gasteiger partial charge in [-0.2, -0.15) is 0 Å². The van der Waals surface area contributed by atoms with Crippen LogP contribution >= 0.6 is 0 Å². The first-order chi connectivity index (χ1) is 34.0. The smallest absolute Gasteiger partial charge is 0.136 e. The van der Waals surface area contributed by atoms with E-state index in [0.717, 1.165) is 0 Å². The first-order valence-corrected chi connectivity index (χ1v) is 13.2. The molecule has 1 aromatic heterocycles. The average Bonchev–Trinajstić information content (AvgIpc) is 3.76. The molecule has 0 saturated heterocycles. The molecular weight excluding hydrogens is 544 g/mol. The summed E-state index contributed by atoms with van der Waals surface area (Å²) in [5.41, 5.74) is -7.45. The molecule has 0 radical (unpaired) electrons. The van der Waals surface area contributed by atoms with Crippen molar-refractivity contribution in [2.45, 2.75) is 0 Å². The monoisotopic (exact) mass is 600 g/mol. The fourth-order valence-electron chi connectivity index (χ4n) is 5.23. The van der Waals surface area contributed by atoms with Crippen LogP contribution in [0.4, 0.5) is 0 Å². The molecule has 0 saturated carbocycles. The average molecular weight is 601 g/mol. The van der Waals surface area contributed by atoms with Crippen LogP contribution in [0, 0.1) is 0 Å². The van der Waals surface area contributed by atoms with Crippen molar-refractivity contribution < 1.29 is 42.8 Å². The molecule has 0 bridgehead atoms. The van der Waals surface area contributed by atoms with E-state index >= 15 is 0 Å². The van der Waals surface area contributed by atoms with Crippen LogP contribution in [0.5, 0.6) is 0 Å². The molecule has 0 amide bonds. The number of benzene rings is 8. The molecule has 1 heteroatoms. The van der Waals surface area contributed by atoms with Crippen LogP contribution in [0.25, 0.3) is 88.0 Å². The minimum atomic E-state index is -1.09. The maximum Gasteiger partial charge on any atom is 0.136 e. The summed E-state index contributed by atoms with van der Waals surface area (Å²) in [6, 6.07) is -26.6. The third-order valence-electron chi connectivity index (χ3n) is 7.07. The Labute approximate surface area is 301 Å². The van der Waals surface area contributed by atoms with Gasteiger partial charge in [-0.15, -0.1) is 0 Å². The van der Waals surface area contributed by atoms with Crippen molar-refractivity contribution in [2.24, 2.45) is 0 Å². The molecule has 8 aromatic carbocycles. The summed E-state index contributed by atoms with van der Waals surface area (Å²) in [7, 11) is 0. The molecule has 0 atom stereocenters. The summed E-state index contributed by atoms with van der Waals surface area (Å²) in [6.45, 7) is 0. The summed E-state index contributed by atoms with van der Waals surface area (Å²) in [6.07, 6.45) is 0. The molecule has 1 nitrogen and oxygen atoms in total. The molecule has 1 heterocycles. The molecule has 0 aliphatic carbocycles. The van der Waals surface area contributed by atoms with Gasteiger partial charge in [0, 0.05) is 10.8 Å². The molecule has 0 aliphatic heterocycles. The van der Waals surface area contributed by atoms with Gasteiger partial charge in [0.05, 0.1) is 38.4 Å². The van der Waals surface area contributed by atoms with E-state index in [1.165, 1.54) is 0 Å².